The van der Waals surface area contributed by atoms with Crippen LogP contribution >= 0.6 is 11.6 Å². The topological polar surface area (TPSA) is 83.6 Å². The number of carbonyl (C=O) groups excluding carboxylic acids is 2. The van der Waals surface area contributed by atoms with E-state index in [1.54, 1.807) is 59.5 Å². The van der Waals surface area contributed by atoms with Gasteiger partial charge in [0.05, 0.1) is 24.1 Å². The van der Waals surface area contributed by atoms with Gasteiger partial charge in [-0.2, -0.15) is 0 Å². The second kappa shape index (κ2) is 9.77. The van der Waals surface area contributed by atoms with Gasteiger partial charge in [-0.3, -0.25) is 9.59 Å². The second-order valence-electron chi connectivity index (χ2n) is 7.89. The highest BCUT2D eigenvalue weighted by Crippen LogP contribution is 2.26. The first-order valence-corrected chi connectivity index (χ1v) is 12.7. The van der Waals surface area contributed by atoms with Crippen LogP contribution < -0.4 is 10.2 Å². The van der Waals surface area contributed by atoms with E-state index in [2.05, 4.69) is 5.32 Å². The maximum Gasteiger partial charge on any atom is 0.246 e. The third-order valence-corrected chi connectivity index (χ3v) is 7.55. The molecule has 1 aliphatic heterocycles. The van der Waals surface area contributed by atoms with Gasteiger partial charge in [-0.15, -0.1) is 0 Å². The molecule has 1 amide bonds. The highest BCUT2D eigenvalue weighted by Gasteiger charge is 2.35. The molecule has 0 radical (unpaired) electrons. The highest BCUT2D eigenvalue weighted by molar-refractivity contribution is 7.91. The van der Waals surface area contributed by atoms with Gasteiger partial charge in [-0.1, -0.05) is 60.1 Å². The minimum Gasteiger partial charge on any atom is -0.376 e. The lowest BCUT2D eigenvalue weighted by Gasteiger charge is -2.29. The molecule has 1 saturated heterocycles. The van der Waals surface area contributed by atoms with Crippen LogP contribution in [0, 0.1) is 0 Å². The molecule has 3 aromatic rings. The molecule has 0 bridgehead atoms. The van der Waals surface area contributed by atoms with Gasteiger partial charge in [0.2, 0.25) is 5.91 Å². The average molecular weight is 483 g/mol. The molecule has 1 aliphatic rings. The monoisotopic (exact) mass is 482 g/mol. The Labute approximate surface area is 198 Å². The Morgan fingerprint density at radius 1 is 0.970 bits per heavy atom. The summed E-state index contributed by atoms with van der Waals surface area (Å²) in [4.78, 5) is 27.9. The van der Waals surface area contributed by atoms with Gasteiger partial charge in [0, 0.05) is 27.5 Å². The molecule has 1 atom stereocenters. The molecule has 1 heterocycles. The summed E-state index contributed by atoms with van der Waals surface area (Å²) in [5.41, 5.74) is 1.99. The van der Waals surface area contributed by atoms with Crippen LogP contribution in [0.3, 0.4) is 0 Å². The third-order valence-electron chi connectivity index (χ3n) is 5.57. The number of para-hydroxylation sites is 1. The van der Waals surface area contributed by atoms with Gasteiger partial charge in [0.25, 0.3) is 0 Å². The Kier molecular flexibility index (Phi) is 6.81. The average Bonchev–Trinajstić information content (AvgIpc) is 3.18. The highest BCUT2D eigenvalue weighted by atomic mass is 35.5. The van der Waals surface area contributed by atoms with E-state index < -0.39 is 15.9 Å². The first-order chi connectivity index (χ1) is 15.8. The van der Waals surface area contributed by atoms with Crippen LogP contribution in [0.25, 0.3) is 0 Å². The zero-order chi connectivity index (χ0) is 23.4. The lowest BCUT2D eigenvalue weighted by atomic mass is 10.0. The van der Waals surface area contributed by atoms with Crippen LogP contribution in [0.15, 0.2) is 78.9 Å². The second-order valence-corrected chi connectivity index (χ2v) is 10.6. The van der Waals surface area contributed by atoms with Crippen molar-refractivity contribution in [3.05, 3.63) is 95.0 Å². The van der Waals surface area contributed by atoms with Crippen molar-refractivity contribution in [3.63, 3.8) is 0 Å². The number of amides is 1. The van der Waals surface area contributed by atoms with E-state index in [4.69, 9.17) is 11.6 Å². The lowest BCUT2D eigenvalue weighted by molar-refractivity contribution is -0.117. The molecule has 8 heteroatoms. The van der Waals surface area contributed by atoms with Crippen molar-refractivity contribution in [3.8, 4) is 0 Å². The van der Waals surface area contributed by atoms with Crippen LogP contribution in [0.4, 0.5) is 11.4 Å². The number of rotatable bonds is 7. The predicted octanol–water partition coefficient (Wildman–Crippen LogP) is 4.20. The maximum atomic E-state index is 13.3. The smallest absolute Gasteiger partial charge is 0.246 e. The molecular weight excluding hydrogens is 460 g/mol. The molecule has 4 rings (SSSR count). The van der Waals surface area contributed by atoms with Crippen LogP contribution in [-0.4, -0.2) is 44.2 Å². The predicted molar refractivity (Wildman–Crippen MR) is 131 cm³/mol. The molecule has 1 fully saturated rings. The van der Waals surface area contributed by atoms with Crippen LogP contribution in [0.1, 0.15) is 22.3 Å². The third kappa shape index (κ3) is 5.43. The molecule has 0 aliphatic carbocycles. The molecule has 0 aromatic heterocycles. The summed E-state index contributed by atoms with van der Waals surface area (Å²) in [5.74, 6) is -0.493. The number of sulfone groups is 1. The number of nitrogens with one attached hydrogen (secondary N) is 1. The fourth-order valence-corrected chi connectivity index (χ4v) is 5.86. The van der Waals surface area contributed by atoms with E-state index in [1.165, 1.54) is 0 Å². The summed E-state index contributed by atoms with van der Waals surface area (Å²) >= 11 is 6.14. The van der Waals surface area contributed by atoms with Crippen molar-refractivity contribution in [2.75, 3.05) is 28.3 Å². The van der Waals surface area contributed by atoms with Crippen LogP contribution in [-0.2, 0) is 14.6 Å². The van der Waals surface area contributed by atoms with Gasteiger partial charge in [0.15, 0.2) is 15.6 Å². The van der Waals surface area contributed by atoms with Gasteiger partial charge in [-0.05, 0) is 36.8 Å². The fraction of sp³-hybridized carbons (Fsp3) is 0.200. The summed E-state index contributed by atoms with van der Waals surface area (Å²) in [6, 6.07) is 22.3. The quantitative estimate of drug-likeness (QED) is 0.510. The molecular formula is C25H23ClN2O4S. The van der Waals surface area contributed by atoms with Crippen molar-refractivity contribution < 1.29 is 18.0 Å². The SMILES string of the molecule is O=C(c1ccccc1)c1cc(Cl)ccc1NCC(=O)N(c1ccccc1)C1CCS(=O)(=O)C1. The number of nitrogens with zero attached hydrogens (tertiary/aromatic N) is 1. The minimum absolute atomic E-state index is 0.0632. The molecule has 1 N–H and O–H groups in total. The van der Waals surface area contributed by atoms with E-state index in [9.17, 15) is 18.0 Å². The summed E-state index contributed by atoms with van der Waals surface area (Å²) in [6.07, 6.45) is 0.391. The number of hydrogen-bond acceptors (Lipinski definition) is 5. The first kappa shape index (κ1) is 23.0. The minimum atomic E-state index is -3.18. The molecule has 33 heavy (non-hydrogen) atoms. The Morgan fingerprint density at radius 2 is 1.64 bits per heavy atom. The zero-order valence-corrected chi connectivity index (χ0v) is 19.4. The fourth-order valence-electron chi connectivity index (χ4n) is 3.99. The molecule has 0 spiro atoms. The number of anilines is 2. The van der Waals surface area contributed by atoms with E-state index in [-0.39, 0.29) is 29.7 Å². The van der Waals surface area contributed by atoms with Crippen molar-refractivity contribution in [2.45, 2.75) is 12.5 Å². The van der Waals surface area contributed by atoms with E-state index in [1.807, 2.05) is 24.3 Å². The van der Waals surface area contributed by atoms with Crippen molar-refractivity contribution in [2.24, 2.45) is 0 Å². The molecule has 1 unspecified atom stereocenters. The zero-order valence-electron chi connectivity index (χ0n) is 17.8. The largest absolute Gasteiger partial charge is 0.376 e. The Balaban J connectivity index is 1.58. The number of halogens is 1. The summed E-state index contributed by atoms with van der Waals surface area (Å²) in [6.45, 7) is -0.109. The van der Waals surface area contributed by atoms with Crippen molar-refractivity contribution in [1.29, 1.82) is 0 Å². The van der Waals surface area contributed by atoms with Crippen LogP contribution in [0.5, 0.6) is 0 Å². The number of benzene rings is 3. The van der Waals surface area contributed by atoms with Crippen LogP contribution in [0.2, 0.25) is 5.02 Å². The van der Waals surface area contributed by atoms with E-state index in [0.717, 1.165) is 0 Å². The van der Waals surface area contributed by atoms with E-state index in [0.29, 0.717) is 33.9 Å². The Bertz CT molecular complexity index is 1260. The van der Waals surface area contributed by atoms with Gasteiger partial charge < -0.3 is 10.2 Å². The van der Waals surface area contributed by atoms with Crippen molar-refractivity contribution in [1.82, 2.24) is 0 Å². The Hall–Kier alpha value is -3.16. The summed E-state index contributed by atoms with van der Waals surface area (Å²) < 4.78 is 24.1. The normalized spacial score (nSPS) is 16.8. The van der Waals surface area contributed by atoms with E-state index >= 15 is 0 Å². The molecule has 170 valence electrons. The van der Waals surface area contributed by atoms with Gasteiger partial charge in [-0.25, -0.2) is 8.42 Å². The summed E-state index contributed by atoms with van der Waals surface area (Å²) in [5, 5.41) is 3.48. The number of carbonyl (C=O) groups is 2. The van der Waals surface area contributed by atoms with Gasteiger partial charge in [0.1, 0.15) is 0 Å². The molecule has 0 saturated carbocycles. The number of ketones is 1. The Morgan fingerprint density at radius 3 is 2.27 bits per heavy atom. The lowest BCUT2D eigenvalue weighted by Crippen LogP contribution is -2.44. The summed E-state index contributed by atoms with van der Waals surface area (Å²) in [7, 11) is -3.18. The first-order valence-electron chi connectivity index (χ1n) is 10.5. The van der Waals surface area contributed by atoms with Crippen molar-refractivity contribution >= 4 is 44.5 Å². The standard InChI is InChI=1S/C25H23ClN2O4S/c26-19-11-12-23(22(15-19)25(30)18-7-3-1-4-8-18)27-16-24(29)28(20-9-5-2-6-10-20)21-13-14-33(31,32)17-21/h1-12,15,21,27H,13-14,16-17H2. The maximum absolute atomic E-state index is 13.3. The van der Waals surface area contributed by atoms with Gasteiger partial charge >= 0.3 is 0 Å². The molecule has 6 nitrogen and oxygen atoms in total. The number of hydrogen-bond donors (Lipinski definition) is 1. The molecule has 3 aromatic carbocycles.